The van der Waals surface area contributed by atoms with Crippen molar-refractivity contribution < 1.29 is 19.0 Å². The molecule has 180 valence electrons. The van der Waals surface area contributed by atoms with Gasteiger partial charge in [-0.05, 0) is 30.5 Å². The van der Waals surface area contributed by atoms with Crippen molar-refractivity contribution in [2.24, 2.45) is 5.92 Å². The van der Waals surface area contributed by atoms with E-state index >= 15 is 0 Å². The molecule has 1 fully saturated rings. The Morgan fingerprint density at radius 2 is 1.77 bits per heavy atom. The predicted octanol–water partition coefficient (Wildman–Crippen LogP) is 5.06. The summed E-state index contributed by atoms with van der Waals surface area (Å²) in [5.41, 5.74) is 10.3. The Bertz CT molecular complexity index is 1390. The number of hydrogen-bond donors (Lipinski definition) is 3. The van der Waals surface area contributed by atoms with E-state index in [-0.39, 0.29) is 11.8 Å². The average Bonchev–Trinajstić information content (AvgIpc) is 3.63. The summed E-state index contributed by atoms with van der Waals surface area (Å²) in [5.74, 6) is 2.42. The molecule has 10 heteroatoms. The van der Waals surface area contributed by atoms with Crippen molar-refractivity contribution >= 4 is 50.6 Å². The molecule has 2 aromatic carbocycles. The highest BCUT2D eigenvalue weighted by molar-refractivity contribution is 7.18. The molecular weight excluding hydrogens is 466 g/mol. The number of thiophene rings is 1. The maximum atomic E-state index is 12.2. The van der Waals surface area contributed by atoms with Crippen molar-refractivity contribution in [1.29, 1.82) is 0 Å². The van der Waals surface area contributed by atoms with E-state index in [4.69, 9.17) is 24.9 Å². The summed E-state index contributed by atoms with van der Waals surface area (Å²) in [6.45, 7) is 0. The van der Waals surface area contributed by atoms with Gasteiger partial charge in [-0.15, -0.1) is 11.3 Å². The van der Waals surface area contributed by atoms with E-state index in [9.17, 15) is 4.79 Å². The summed E-state index contributed by atoms with van der Waals surface area (Å²) in [7, 11) is 4.66. The lowest BCUT2D eigenvalue weighted by Gasteiger charge is -2.15. The first-order valence-corrected chi connectivity index (χ1v) is 11.9. The van der Waals surface area contributed by atoms with Crippen LogP contribution in [0.1, 0.15) is 12.8 Å². The Morgan fingerprint density at radius 3 is 2.43 bits per heavy atom. The van der Waals surface area contributed by atoms with Gasteiger partial charge in [-0.2, -0.15) is 4.98 Å². The van der Waals surface area contributed by atoms with E-state index in [1.165, 1.54) is 11.3 Å². The van der Waals surface area contributed by atoms with Crippen LogP contribution in [-0.2, 0) is 4.79 Å². The third kappa shape index (κ3) is 4.52. The molecule has 1 aliphatic carbocycles. The Kier molecular flexibility index (Phi) is 6.04. The molecule has 0 spiro atoms. The number of aromatic nitrogens is 2. The smallest absolute Gasteiger partial charge is 0.229 e. The van der Waals surface area contributed by atoms with E-state index in [0.717, 1.165) is 39.9 Å². The minimum atomic E-state index is 0.0701. The summed E-state index contributed by atoms with van der Waals surface area (Å²) in [4.78, 5) is 21.4. The first-order chi connectivity index (χ1) is 17.0. The van der Waals surface area contributed by atoms with Crippen LogP contribution in [0, 0.1) is 5.92 Å². The fourth-order valence-corrected chi connectivity index (χ4v) is 4.75. The Balaban J connectivity index is 1.50. The summed E-state index contributed by atoms with van der Waals surface area (Å²) in [6.07, 6.45) is 1.91. The molecule has 0 unspecified atom stereocenters. The van der Waals surface area contributed by atoms with Crippen molar-refractivity contribution in [2.75, 3.05) is 37.7 Å². The van der Waals surface area contributed by atoms with Gasteiger partial charge >= 0.3 is 0 Å². The molecule has 0 atom stereocenters. The predicted molar refractivity (Wildman–Crippen MR) is 138 cm³/mol. The van der Waals surface area contributed by atoms with E-state index in [0.29, 0.717) is 34.7 Å². The van der Waals surface area contributed by atoms with Crippen LogP contribution in [0.3, 0.4) is 0 Å². The van der Waals surface area contributed by atoms with Gasteiger partial charge in [0.1, 0.15) is 5.82 Å². The van der Waals surface area contributed by atoms with Crippen molar-refractivity contribution in [3.8, 4) is 28.4 Å². The van der Waals surface area contributed by atoms with Gasteiger partial charge < -0.3 is 30.6 Å². The van der Waals surface area contributed by atoms with E-state index in [2.05, 4.69) is 15.6 Å². The Morgan fingerprint density at radius 1 is 1.03 bits per heavy atom. The lowest BCUT2D eigenvalue weighted by molar-refractivity contribution is -0.117. The number of fused-ring (bicyclic) bond motifs is 1. The summed E-state index contributed by atoms with van der Waals surface area (Å²) < 4.78 is 17.1. The van der Waals surface area contributed by atoms with Crippen LogP contribution in [0.15, 0.2) is 41.8 Å². The molecule has 0 saturated heterocycles. The first-order valence-electron chi connectivity index (χ1n) is 11.0. The summed E-state index contributed by atoms with van der Waals surface area (Å²) >= 11 is 1.48. The Hall–Kier alpha value is -4.05. The van der Waals surface area contributed by atoms with Crippen molar-refractivity contribution in [3.63, 3.8) is 0 Å². The van der Waals surface area contributed by atoms with Crippen LogP contribution < -0.4 is 30.6 Å². The number of amides is 1. The first kappa shape index (κ1) is 22.7. The van der Waals surface area contributed by atoms with Crippen LogP contribution in [0.25, 0.3) is 21.3 Å². The lowest BCUT2D eigenvalue weighted by Crippen LogP contribution is -2.13. The number of nitrogen functional groups attached to an aromatic ring is 1. The molecule has 0 aliphatic heterocycles. The number of methoxy groups -OCH3 is 3. The SMILES string of the molecule is COc1cc(Nc2nc(N)c3scc(-c4cccc(NC(=O)C5CC5)c4)c3n2)cc(OC)c1OC. The second kappa shape index (κ2) is 9.30. The second-order valence-corrected chi connectivity index (χ2v) is 9.02. The average molecular weight is 492 g/mol. The van der Waals surface area contributed by atoms with Crippen LogP contribution in [-0.4, -0.2) is 37.2 Å². The van der Waals surface area contributed by atoms with Gasteiger partial charge in [0.25, 0.3) is 0 Å². The highest BCUT2D eigenvalue weighted by Gasteiger charge is 2.29. The number of carbonyl (C=O) groups excluding carboxylic acids is 1. The number of nitrogens with two attached hydrogens (primary N) is 1. The molecular formula is C25H25N5O4S. The highest BCUT2D eigenvalue weighted by atomic mass is 32.1. The number of rotatable bonds is 8. The van der Waals surface area contributed by atoms with Crippen LogP contribution >= 0.6 is 11.3 Å². The molecule has 4 aromatic rings. The van der Waals surface area contributed by atoms with Crippen molar-refractivity contribution in [1.82, 2.24) is 9.97 Å². The fraction of sp³-hybridized carbons (Fsp3) is 0.240. The standard InChI is InChI=1S/C25H25N5O4S/c1-32-18-10-16(11-19(33-2)21(18)34-3)28-25-29-20-17(12-35-22(20)23(26)30-25)14-5-4-6-15(9-14)27-24(31)13-7-8-13/h4-6,9-13H,7-8H2,1-3H3,(H,27,31)(H3,26,28,29,30). The molecule has 4 N–H and O–H groups in total. The summed E-state index contributed by atoms with van der Waals surface area (Å²) in [6, 6.07) is 11.3. The molecule has 35 heavy (non-hydrogen) atoms. The molecule has 1 amide bonds. The molecule has 2 heterocycles. The summed E-state index contributed by atoms with van der Waals surface area (Å²) in [5, 5.41) is 8.19. The number of benzene rings is 2. The molecule has 0 radical (unpaired) electrons. The zero-order valence-electron chi connectivity index (χ0n) is 19.5. The van der Waals surface area contributed by atoms with Gasteiger partial charge in [0.05, 0.1) is 31.5 Å². The molecule has 1 saturated carbocycles. The largest absolute Gasteiger partial charge is 0.493 e. The third-order valence-corrected chi connectivity index (χ3v) is 6.74. The van der Waals surface area contributed by atoms with Gasteiger partial charge in [0.2, 0.25) is 17.6 Å². The number of nitrogens with one attached hydrogen (secondary N) is 2. The number of hydrogen-bond acceptors (Lipinski definition) is 9. The Labute approximate surface area is 206 Å². The van der Waals surface area contributed by atoms with Gasteiger partial charge in [-0.3, -0.25) is 4.79 Å². The minimum Gasteiger partial charge on any atom is -0.493 e. The zero-order chi connectivity index (χ0) is 24.5. The van der Waals surface area contributed by atoms with Crippen LogP contribution in [0.5, 0.6) is 17.2 Å². The third-order valence-electron chi connectivity index (χ3n) is 5.75. The molecule has 9 nitrogen and oxygen atoms in total. The minimum absolute atomic E-state index is 0.0701. The highest BCUT2D eigenvalue weighted by Crippen LogP contribution is 2.41. The number of anilines is 4. The van der Waals surface area contributed by atoms with Crippen molar-refractivity contribution in [2.45, 2.75) is 12.8 Å². The van der Waals surface area contributed by atoms with E-state index in [1.807, 2.05) is 29.6 Å². The lowest BCUT2D eigenvalue weighted by atomic mass is 10.1. The molecule has 2 aromatic heterocycles. The van der Waals surface area contributed by atoms with E-state index < -0.39 is 0 Å². The number of carbonyl (C=O) groups is 1. The van der Waals surface area contributed by atoms with Gasteiger partial charge in [0, 0.05) is 40.4 Å². The van der Waals surface area contributed by atoms with Crippen molar-refractivity contribution in [3.05, 3.63) is 41.8 Å². The molecule has 1 aliphatic rings. The molecule has 0 bridgehead atoms. The maximum Gasteiger partial charge on any atom is 0.229 e. The van der Waals surface area contributed by atoms with E-state index in [1.54, 1.807) is 33.5 Å². The number of ether oxygens (including phenoxy) is 3. The van der Waals surface area contributed by atoms with Gasteiger partial charge in [-0.25, -0.2) is 4.98 Å². The maximum absolute atomic E-state index is 12.2. The van der Waals surface area contributed by atoms with Crippen LogP contribution in [0.4, 0.5) is 23.1 Å². The molecule has 5 rings (SSSR count). The normalized spacial score (nSPS) is 12.9. The number of nitrogens with zero attached hydrogens (tertiary/aromatic N) is 2. The van der Waals surface area contributed by atoms with Gasteiger partial charge in [-0.1, -0.05) is 12.1 Å². The topological polar surface area (TPSA) is 121 Å². The van der Waals surface area contributed by atoms with Gasteiger partial charge in [0.15, 0.2) is 11.5 Å². The second-order valence-electron chi connectivity index (χ2n) is 8.14. The monoisotopic (exact) mass is 491 g/mol. The quantitative estimate of drug-likeness (QED) is 0.313. The fourth-order valence-electron chi connectivity index (χ4n) is 3.84. The zero-order valence-corrected chi connectivity index (χ0v) is 20.4. The van der Waals surface area contributed by atoms with Crippen LogP contribution in [0.2, 0.25) is 0 Å².